The highest BCUT2D eigenvalue weighted by Gasteiger charge is 2.36. The molecule has 114 valence electrons. The van der Waals surface area contributed by atoms with Crippen molar-refractivity contribution >= 4 is 11.4 Å². The molecule has 2 aliphatic heterocycles. The van der Waals surface area contributed by atoms with Crippen LogP contribution in [0.4, 0.5) is 11.4 Å². The third kappa shape index (κ3) is 2.75. The highest BCUT2D eigenvalue weighted by Crippen LogP contribution is 2.36. The van der Waals surface area contributed by atoms with Crippen LogP contribution in [0.3, 0.4) is 0 Å². The predicted octanol–water partition coefficient (Wildman–Crippen LogP) is 3.33. The van der Waals surface area contributed by atoms with Crippen molar-refractivity contribution in [3.63, 3.8) is 0 Å². The predicted molar refractivity (Wildman–Crippen MR) is 83.7 cm³/mol. The first-order chi connectivity index (χ1) is 10.1. The van der Waals surface area contributed by atoms with Gasteiger partial charge in [-0.3, -0.25) is 10.1 Å². The number of nitro benzene ring substituents is 1. The second-order valence-corrected chi connectivity index (χ2v) is 6.44. The fourth-order valence-corrected chi connectivity index (χ4v) is 3.93. The van der Waals surface area contributed by atoms with Crippen molar-refractivity contribution in [1.82, 2.24) is 4.90 Å². The molecule has 2 bridgehead atoms. The van der Waals surface area contributed by atoms with Gasteiger partial charge in [-0.2, -0.15) is 0 Å². The van der Waals surface area contributed by atoms with Gasteiger partial charge in [0.15, 0.2) is 0 Å². The maximum absolute atomic E-state index is 11.2. The van der Waals surface area contributed by atoms with E-state index in [1.165, 1.54) is 19.3 Å². The second-order valence-electron chi connectivity index (χ2n) is 6.44. The average molecular weight is 289 g/mol. The molecule has 2 heterocycles. The van der Waals surface area contributed by atoms with Gasteiger partial charge in [0.2, 0.25) is 0 Å². The van der Waals surface area contributed by atoms with E-state index in [2.05, 4.69) is 17.3 Å². The number of benzene rings is 1. The summed E-state index contributed by atoms with van der Waals surface area (Å²) >= 11 is 0. The van der Waals surface area contributed by atoms with Crippen molar-refractivity contribution in [3.8, 4) is 0 Å². The van der Waals surface area contributed by atoms with Crippen molar-refractivity contribution in [2.45, 2.75) is 57.2 Å². The minimum atomic E-state index is -0.287. The third-order valence-electron chi connectivity index (χ3n) is 5.14. The Morgan fingerprint density at radius 1 is 1.29 bits per heavy atom. The van der Waals surface area contributed by atoms with E-state index in [0.29, 0.717) is 23.8 Å². The smallest absolute Gasteiger partial charge is 0.292 e. The largest absolute Gasteiger partial charge is 0.376 e. The summed E-state index contributed by atoms with van der Waals surface area (Å²) in [6, 6.07) is 6.87. The lowest BCUT2D eigenvalue weighted by Crippen LogP contribution is -2.52. The fourth-order valence-electron chi connectivity index (χ4n) is 3.93. The van der Waals surface area contributed by atoms with Crippen LogP contribution in [-0.2, 0) is 0 Å². The van der Waals surface area contributed by atoms with Gasteiger partial charge in [0.05, 0.1) is 4.92 Å². The van der Waals surface area contributed by atoms with Gasteiger partial charge in [-0.15, -0.1) is 0 Å². The van der Waals surface area contributed by atoms with E-state index in [9.17, 15) is 10.1 Å². The molecule has 1 aromatic rings. The molecule has 2 aliphatic rings. The quantitative estimate of drug-likeness (QED) is 0.685. The van der Waals surface area contributed by atoms with Crippen LogP contribution in [0.15, 0.2) is 18.2 Å². The summed E-state index contributed by atoms with van der Waals surface area (Å²) in [5.74, 6) is 0. The minimum absolute atomic E-state index is 0.194. The molecule has 5 nitrogen and oxygen atoms in total. The van der Waals surface area contributed by atoms with Gasteiger partial charge in [0, 0.05) is 24.2 Å². The number of hydrogen-bond acceptors (Lipinski definition) is 4. The van der Waals surface area contributed by atoms with Gasteiger partial charge in [0.1, 0.15) is 5.69 Å². The lowest BCUT2D eigenvalue weighted by Gasteiger charge is -2.47. The van der Waals surface area contributed by atoms with Crippen molar-refractivity contribution in [2.75, 3.05) is 12.4 Å². The molecule has 21 heavy (non-hydrogen) atoms. The molecule has 0 aliphatic carbocycles. The van der Waals surface area contributed by atoms with Crippen LogP contribution in [0, 0.1) is 17.0 Å². The monoisotopic (exact) mass is 289 g/mol. The Bertz CT molecular complexity index is 532. The molecular formula is C16H23N3O2. The van der Waals surface area contributed by atoms with Crippen LogP contribution < -0.4 is 5.32 Å². The summed E-state index contributed by atoms with van der Waals surface area (Å²) in [6.45, 7) is 1.94. The Kier molecular flexibility index (Phi) is 3.85. The number of nitrogens with zero attached hydrogens (tertiary/aromatic N) is 2. The fraction of sp³-hybridized carbons (Fsp3) is 0.625. The van der Waals surface area contributed by atoms with Crippen molar-refractivity contribution in [2.24, 2.45) is 0 Å². The standard InChI is InChI=1S/C16H23N3O2/c1-11-5-3-8-15(19(20)21)16(11)17-12-9-13-6-4-7-14(10-12)18(13)2/h3,5,8,12-14,17H,4,6-7,9-10H2,1-2H3. The van der Waals surface area contributed by atoms with Crippen molar-refractivity contribution < 1.29 is 4.92 Å². The Morgan fingerprint density at radius 3 is 2.57 bits per heavy atom. The normalized spacial score (nSPS) is 29.1. The molecule has 2 fully saturated rings. The van der Waals surface area contributed by atoms with E-state index >= 15 is 0 Å². The highest BCUT2D eigenvalue weighted by atomic mass is 16.6. The summed E-state index contributed by atoms with van der Waals surface area (Å²) in [5.41, 5.74) is 1.85. The van der Waals surface area contributed by atoms with Crippen LogP contribution in [-0.4, -0.2) is 35.0 Å². The SMILES string of the molecule is Cc1cccc([N+](=O)[O-])c1NC1CC2CCCC(C1)N2C. The molecule has 0 saturated carbocycles. The van der Waals surface area contributed by atoms with Gasteiger partial charge >= 0.3 is 0 Å². The lowest BCUT2D eigenvalue weighted by molar-refractivity contribution is -0.384. The molecule has 0 radical (unpaired) electrons. The molecule has 2 unspecified atom stereocenters. The minimum Gasteiger partial charge on any atom is -0.376 e. The van der Waals surface area contributed by atoms with Crippen LogP contribution >= 0.6 is 0 Å². The van der Waals surface area contributed by atoms with Crippen molar-refractivity contribution in [3.05, 3.63) is 33.9 Å². The Hall–Kier alpha value is -1.62. The average Bonchev–Trinajstić information content (AvgIpc) is 2.41. The Balaban J connectivity index is 1.80. The van der Waals surface area contributed by atoms with Crippen LogP contribution in [0.1, 0.15) is 37.7 Å². The zero-order valence-corrected chi connectivity index (χ0v) is 12.7. The van der Waals surface area contributed by atoms with E-state index < -0.39 is 0 Å². The maximum Gasteiger partial charge on any atom is 0.292 e. The Labute approximate surface area is 125 Å². The van der Waals surface area contributed by atoms with Crippen LogP contribution in [0.2, 0.25) is 0 Å². The van der Waals surface area contributed by atoms with E-state index in [4.69, 9.17) is 0 Å². The number of nitro groups is 1. The molecule has 0 spiro atoms. The number of fused-ring (bicyclic) bond motifs is 2. The lowest BCUT2D eigenvalue weighted by atomic mass is 9.82. The molecule has 1 aromatic carbocycles. The molecule has 0 aromatic heterocycles. The summed E-state index contributed by atoms with van der Waals surface area (Å²) in [7, 11) is 2.22. The van der Waals surface area contributed by atoms with Crippen molar-refractivity contribution in [1.29, 1.82) is 0 Å². The number of anilines is 1. The number of rotatable bonds is 3. The summed E-state index contributed by atoms with van der Waals surface area (Å²) in [5, 5.41) is 14.7. The van der Waals surface area contributed by atoms with Crippen LogP contribution in [0.5, 0.6) is 0 Å². The second kappa shape index (κ2) is 5.64. The first kappa shape index (κ1) is 14.3. The van der Waals surface area contributed by atoms with E-state index in [-0.39, 0.29) is 10.6 Å². The Morgan fingerprint density at radius 2 is 1.95 bits per heavy atom. The zero-order chi connectivity index (χ0) is 15.0. The van der Waals surface area contributed by atoms with E-state index in [1.807, 2.05) is 13.0 Å². The summed E-state index contributed by atoms with van der Waals surface area (Å²) in [6.07, 6.45) is 5.98. The number of aryl methyl sites for hydroxylation is 1. The topological polar surface area (TPSA) is 58.4 Å². The number of hydrogen-bond donors (Lipinski definition) is 1. The maximum atomic E-state index is 11.2. The number of piperidine rings is 2. The first-order valence-corrected chi connectivity index (χ1v) is 7.78. The van der Waals surface area contributed by atoms with E-state index in [0.717, 1.165) is 18.4 Å². The number of nitrogens with one attached hydrogen (secondary N) is 1. The zero-order valence-electron chi connectivity index (χ0n) is 12.7. The van der Waals surface area contributed by atoms with Gasteiger partial charge in [-0.05, 0) is 45.2 Å². The summed E-state index contributed by atoms with van der Waals surface area (Å²) < 4.78 is 0. The number of para-hydroxylation sites is 1. The molecule has 5 heteroatoms. The van der Waals surface area contributed by atoms with Gasteiger partial charge in [-0.1, -0.05) is 18.6 Å². The molecule has 3 rings (SSSR count). The van der Waals surface area contributed by atoms with E-state index in [1.54, 1.807) is 12.1 Å². The first-order valence-electron chi connectivity index (χ1n) is 7.78. The van der Waals surface area contributed by atoms with Crippen LogP contribution in [0.25, 0.3) is 0 Å². The molecular weight excluding hydrogens is 266 g/mol. The third-order valence-corrected chi connectivity index (χ3v) is 5.14. The van der Waals surface area contributed by atoms with Gasteiger partial charge in [0.25, 0.3) is 5.69 Å². The van der Waals surface area contributed by atoms with Gasteiger partial charge in [-0.25, -0.2) is 0 Å². The van der Waals surface area contributed by atoms with Gasteiger partial charge < -0.3 is 10.2 Å². The molecule has 0 amide bonds. The molecule has 2 atom stereocenters. The highest BCUT2D eigenvalue weighted by molar-refractivity contribution is 5.66. The molecule has 2 saturated heterocycles. The summed E-state index contributed by atoms with van der Waals surface area (Å²) in [4.78, 5) is 13.4. The molecule has 1 N–H and O–H groups in total.